The first-order valence-corrected chi connectivity index (χ1v) is 6.00. The Hall–Kier alpha value is -0.0800. The molecule has 0 amide bonds. The summed E-state index contributed by atoms with van der Waals surface area (Å²) in [7, 11) is 0. The van der Waals surface area contributed by atoms with E-state index in [-0.39, 0.29) is 5.54 Å². The second-order valence-electron chi connectivity index (χ2n) is 6.06. The van der Waals surface area contributed by atoms with Gasteiger partial charge in [-0.3, -0.25) is 4.90 Å². The lowest BCUT2D eigenvalue weighted by Gasteiger charge is -2.45. The second kappa shape index (κ2) is 2.53. The summed E-state index contributed by atoms with van der Waals surface area (Å²) < 4.78 is 0. The van der Waals surface area contributed by atoms with E-state index in [0.29, 0.717) is 0 Å². The molecule has 3 rings (SSSR count). The van der Waals surface area contributed by atoms with Crippen LogP contribution in [0.1, 0.15) is 39.5 Å². The van der Waals surface area contributed by atoms with Gasteiger partial charge in [0.05, 0.1) is 5.60 Å². The third kappa shape index (κ3) is 1.04. The fourth-order valence-electron chi connectivity index (χ4n) is 3.62. The minimum atomic E-state index is -0.455. The summed E-state index contributed by atoms with van der Waals surface area (Å²) >= 11 is 0. The molecular weight excluding hydrogens is 174 g/mol. The van der Waals surface area contributed by atoms with Gasteiger partial charge < -0.3 is 5.11 Å². The van der Waals surface area contributed by atoms with E-state index in [2.05, 4.69) is 11.8 Å². The number of aliphatic hydroxyl groups is 1. The molecule has 0 bridgehead atoms. The van der Waals surface area contributed by atoms with Crippen molar-refractivity contribution in [1.82, 2.24) is 4.90 Å². The third-order valence-corrected chi connectivity index (χ3v) is 5.16. The molecule has 0 radical (unpaired) electrons. The highest BCUT2D eigenvalue weighted by molar-refractivity contribution is 5.11. The van der Waals surface area contributed by atoms with Crippen molar-refractivity contribution in [2.75, 3.05) is 13.1 Å². The molecule has 1 heterocycles. The van der Waals surface area contributed by atoms with Crippen molar-refractivity contribution in [3.63, 3.8) is 0 Å². The van der Waals surface area contributed by atoms with Crippen LogP contribution in [-0.4, -0.2) is 34.2 Å². The summed E-state index contributed by atoms with van der Waals surface area (Å²) in [6, 6.07) is 0. The lowest BCUT2D eigenvalue weighted by molar-refractivity contribution is -0.0680. The molecule has 0 spiro atoms. The van der Waals surface area contributed by atoms with Crippen molar-refractivity contribution in [2.45, 2.75) is 50.7 Å². The van der Waals surface area contributed by atoms with Gasteiger partial charge in [-0.1, -0.05) is 0 Å². The molecule has 80 valence electrons. The normalized spacial score (nSPS) is 57.6. The molecule has 2 heteroatoms. The Bertz CT molecular complexity index is 253. The van der Waals surface area contributed by atoms with E-state index in [1.807, 2.05) is 6.92 Å². The Morgan fingerprint density at radius 1 is 1.14 bits per heavy atom. The van der Waals surface area contributed by atoms with Crippen LogP contribution >= 0.6 is 0 Å². The van der Waals surface area contributed by atoms with Crippen LogP contribution in [0, 0.1) is 11.8 Å². The maximum Gasteiger partial charge on any atom is 0.0799 e. The van der Waals surface area contributed by atoms with E-state index in [9.17, 15) is 5.11 Å². The predicted molar refractivity (Wildman–Crippen MR) is 56.0 cm³/mol. The number of rotatable bonds is 1. The van der Waals surface area contributed by atoms with Gasteiger partial charge in [-0.2, -0.15) is 0 Å². The minimum Gasteiger partial charge on any atom is -0.388 e. The van der Waals surface area contributed by atoms with E-state index in [1.54, 1.807) is 0 Å². The molecular formula is C12H21NO. The van der Waals surface area contributed by atoms with Crippen LogP contribution in [-0.2, 0) is 0 Å². The van der Waals surface area contributed by atoms with Crippen LogP contribution < -0.4 is 0 Å². The predicted octanol–water partition coefficient (Wildman–Crippen LogP) is 1.63. The van der Waals surface area contributed by atoms with Crippen molar-refractivity contribution in [3.8, 4) is 0 Å². The molecule has 1 N–H and O–H groups in total. The van der Waals surface area contributed by atoms with Crippen molar-refractivity contribution >= 4 is 0 Å². The van der Waals surface area contributed by atoms with E-state index in [4.69, 9.17) is 0 Å². The van der Waals surface area contributed by atoms with Crippen LogP contribution in [0.2, 0.25) is 0 Å². The monoisotopic (exact) mass is 195 g/mol. The molecule has 3 aliphatic rings. The Balaban J connectivity index is 1.81. The number of hydrogen-bond donors (Lipinski definition) is 1. The highest BCUT2D eigenvalue weighted by atomic mass is 16.3. The van der Waals surface area contributed by atoms with Crippen molar-refractivity contribution in [1.29, 1.82) is 0 Å². The maximum atomic E-state index is 10.4. The topological polar surface area (TPSA) is 23.5 Å². The number of fused-ring (bicyclic) bond motifs is 1. The Kier molecular flexibility index (Phi) is 1.66. The first-order valence-electron chi connectivity index (χ1n) is 6.00. The van der Waals surface area contributed by atoms with Crippen LogP contribution in [0.5, 0.6) is 0 Å². The summed E-state index contributed by atoms with van der Waals surface area (Å²) in [6.45, 7) is 6.79. The van der Waals surface area contributed by atoms with Crippen molar-refractivity contribution in [2.24, 2.45) is 11.8 Å². The molecule has 14 heavy (non-hydrogen) atoms. The maximum absolute atomic E-state index is 10.4. The summed E-state index contributed by atoms with van der Waals surface area (Å²) in [5.41, 5.74) is -0.385. The second-order valence-corrected chi connectivity index (χ2v) is 6.06. The smallest absolute Gasteiger partial charge is 0.0799 e. The van der Waals surface area contributed by atoms with Crippen molar-refractivity contribution < 1.29 is 5.11 Å². The van der Waals surface area contributed by atoms with Gasteiger partial charge in [0.15, 0.2) is 0 Å². The van der Waals surface area contributed by atoms with E-state index < -0.39 is 5.60 Å². The summed E-state index contributed by atoms with van der Waals surface area (Å²) in [5.74, 6) is 1.95. The summed E-state index contributed by atoms with van der Waals surface area (Å²) in [4.78, 5) is 2.57. The third-order valence-electron chi connectivity index (χ3n) is 5.16. The molecule has 2 aliphatic carbocycles. The van der Waals surface area contributed by atoms with E-state index >= 15 is 0 Å². The van der Waals surface area contributed by atoms with Crippen molar-refractivity contribution in [3.05, 3.63) is 0 Å². The van der Waals surface area contributed by atoms with Crippen LogP contribution in [0.15, 0.2) is 0 Å². The molecule has 0 aromatic rings. The molecule has 3 fully saturated rings. The number of hydrogen-bond acceptors (Lipinski definition) is 2. The lowest BCUT2D eigenvalue weighted by Crippen LogP contribution is -2.57. The Labute approximate surface area is 86.3 Å². The van der Waals surface area contributed by atoms with Crippen LogP contribution in [0.4, 0.5) is 0 Å². The average Bonchev–Trinajstić information content (AvgIpc) is 2.60. The zero-order valence-electron chi connectivity index (χ0n) is 9.29. The lowest BCUT2D eigenvalue weighted by atomic mass is 9.84. The van der Waals surface area contributed by atoms with Gasteiger partial charge in [-0.05, 0) is 51.4 Å². The fraction of sp³-hybridized carbons (Fsp3) is 1.00. The average molecular weight is 195 g/mol. The molecule has 0 aromatic heterocycles. The zero-order chi connectivity index (χ0) is 9.97. The summed E-state index contributed by atoms with van der Waals surface area (Å²) in [6.07, 6.45) is 4.80. The quantitative estimate of drug-likeness (QED) is 0.687. The first-order chi connectivity index (χ1) is 6.53. The van der Waals surface area contributed by atoms with Gasteiger partial charge in [0.25, 0.3) is 0 Å². The standard InChI is InChI=1S/C12H21NO/c1-11(4-3-5-12(11,2)14)13-7-9-6-10(9)8-13/h9-10,14H,3-8H2,1-2H3. The number of likely N-dealkylation sites (tertiary alicyclic amines) is 1. The van der Waals surface area contributed by atoms with Gasteiger partial charge in [-0.15, -0.1) is 0 Å². The molecule has 0 aromatic carbocycles. The molecule has 2 nitrogen and oxygen atoms in total. The van der Waals surface area contributed by atoms with Gasteiger partial charge in [-0.25, -0.2) is 0 Å². The highest BCUT2D eigenvalue weighted by Crippen LogP contribution is 2.52. The fourth-order valence-corrected chi connectivity index (χ4v) is 3.62. The SMILES string of the molecule is CC1(O)CCCC1(C)N1CC2CC2C1. The zero-order valence-corrected chi connectivity index (χ0v) is 9.29. The summed E-state index contributed by atoms with van der Waals surface area (Å²) in [5, 5.41) is 10.4. The van der Waals surface area contributed by atoms with E-state index in [0.717, 1.165) is 18.3 Å². The number of nitrogens with zero attached hydrogens (tertiary/aromatic N) is 1. The van der Waals surface area contributed by atoms with Gasteiger partial charge >= 0.3 is 0 Å². The number of piperidine rings is 1. The van der Waals surface area contributed by atoms with Gasteiger partial charge in [0.2, 0.25) is 0 Å². The van der Waals surface area contributed by atoms with E-state index in [1.165, 1.54) is 32.4 Å². The highest BCUT2D eigenvalue weighted by Gasteiger charge is 2.57. The molecule has 1 saturated heterocycles. The minimum absolute atomic E-state index is 0.0699. The first kappa shape index (κ1) is 9.17. The molecule has 2 saturated carbocycles. The van der Waals surface area contributed by atoms with Crippen LogP contribution in [0.3, 0.4) is 0 Å². The Morgan fingerprint density at radius 3 is 2.29 bits per heavy atom. The molecule has 1 aliphatic heterocycles. The molecule has 4 atom stereocenters. The molecule has 4 unspecified atom stereocenters. The van der Waals surface area contributed by atoms with Gasteiger partial charge in [0.1, 0.15) is 0 Å². The largest absolute Gasteiger partial charge is 0.388 e. The van der Waals surface area contributed by atoms with Crippen LogP contribution in [0.25, 0.3) is 0 Å². The van der Waals surface area contributed by atoms with Gasteiger partial charge in [0, 0.05) is 18.6 Å². The Morgan fingerprint density at radius 2 is 1.79 bits per heavy atom.